The maximum absolute atomic E-state index is 13.1. The van der Waals surface area contributed by atoms with Crippen LogP contribution in [0.5, 0.6) is 0 Å². The van der Waals surface area contributed by atoms with E-state index in [1.165, 1.54) is 6.42 Å². The number of nitrogens with one attached hydrogen (secondary N) is 1. The van der Waals surface area contributed by atoms with E-state index < -0.39 is 17.3 Å². The summed E-state index contributed by atoms with van der Waals surface area (Å²) in [6.07, 6.45) is 11.1. The number of pyridine rings is 1. The van der Waals surface area contributed by atoms with Crippen molar-refractivity contribution in [3.63, 3.8) is 0 Å². The highest BCUT2D eigenvalue weighted by molar-refractivity contribution is 5.98. The van der Waals surface area contributed by atoms with Crippen LogP contribution >= 0.6 is 0 Å². The molecule has 0 aromatic carbocycles. The molecule has 13 heteroatoms. The summed E-state index contributed by atoms with van der Waals surface area (Å²) in [4.78, 5) is 58.2. The Balaban J connectivity index is 1.06. The number of anilines is 3. The average molecular weight is 645 g/mol. The van der Waals surface area contributed by atoms with Crippen molar-refractivity contribution in [3.05, 3.63) is 36.3 Å². The van der Waals surface area contributed by atoms with Crippen molar-refractivity contribution in [2.24, 2.45) is 0 Å². The third-order valence-electron chi connectivity index (χ3n) is 9.85. The van der Waals surface area contributed by atoms with Crippen LogP contribution in [-0.4, -0.2) is 91.3 Å². The summed E-state index contributed by atoms with van der Waals surface area (Å²) in [5.41, 5.74) is 0.777. The molecule has 2 bridgehead atoms. The Bertz CT molecular complexity index is 1680. The van der Waals surface area contributed by atoms with E-state index in [0.717, 1.165) is 49.6 Å². The number of piperidine rings is 1. The van der Waals surface area contributed by atoms with Gasteiger partial charge in [-0.25, -0.2) is 19.6 Å². The van der Waals surface area contributed by atoms with Crippen LogP contribution in [0, 0.1) is 0 Å². The first-order valence-electron chi connectivity index (χ1n) is 16.7. The van der Waals surface area contributed by atoms with Gasteiger partial charge in [-0.1, -0.05) is 19.3 Å². The SMILES string of the molecule is CN(C)C(=O)c1cc2cnc(Nc3ccc(N4C[C@@]5(C[C@H]6CC[C@@H](C5)N6C(=O)OC(C)(C)C)OC4=O)cn3)nc2n1C1CCCCC1. The Morgan fingerprint density at radius 1 is 1.00 bits per heavy atom. The summed E-state index contributed by atoms with van der Waals surface area (Å²) in [5, 5.41) is 4.02. The Labute approximate surface area is 274 Å². The monoisotopic (exact) mass is 644 g/mol. The van der Waals surface area contributed by atoms with Gasteiger partial charge in [0, 0.05) is 56.6 Å². The molecule has 13 nitrogen and oxygen atoms in total. The number of hydrogen-bond acceptors (Lipinski definition) is 9. The van der Waals surface area contributed by atoms with Crippen molar-refractivity contribution in [1.29, 1.82) is 0 Å². The Hall–Kier alpha value is -4.42. The third kappa shape index (κ3) is 5.96. The zero-order chi connectivity index (χ0) is 33.1. The number of carbonyl (C=O) groups excluding carboxylic acids is 3. The van der Waals surface area contributed by atoms with Crippen molar-refractivity contribution >= 4 is 46.6 Å². The minimum atomic E-state index is -0.651. The lowest BCUT2D eigenvalue weighted by molar-refractivity contribution is -0.0424. The van der Waals surface area contributed by atoms with Crippen LogP contribution in [0.15, 0.2) is 30.6 Å². The molecular formula is C34H44N8O5. The Kier molecular flexibility index (Phi) is 7.75. The molecule has 3 aromatic heterocycles. The molecule has 3 aromatic rings. The van der Waals surface area contributed by atoms with Crippen LogP contribution in [0.1, 0.15) is 95.1 Å². The molecule has 250 valence electrons. The first-order valence-corrected chi connectivity index (χ1v) is 16.7. The quantitative estimate of drug-likeness (QED) is 0.353. The van der Waals surface area contributed by atoms with E-state index in [-0.39, 0.29) is 30.1 Å². The van der Waals surface area contributed by atoms with E-state index in [1.54, 1.807) is 42.4 Å². The van der Waals surface area contributed by atoms with Crippen molar-refractivity contribution < 1.29 is 23.9 Å². The van der Waals surface area contributed by atoms with Crippen molar-refractivity contribution in [2.75, 3.05) is 30.9 Å². The van der Waals surface area contributed by atoms with Crippen LogP contribution in [0.3, 0.4) is 0 Å². The highest BCUT2D eigenvalue weighted by atomic mass is 16.6. The minimum absolute atomic E-state index is 0.0188. The van der Waals surface area contributed by atoms with Gasteiger partial charge in [-0.2, -0.15) is 4.98 Å². The number of amides is 3. The maximum atomic E-state index is 13.1. The van der Waals surface area contributed by atoms with Gasteiger partial charge in [0.1, 0.15) is 28.4 Å². The molecule has 3 atom stereocenters. The standard InChI is InChI=1S/C34H44N8O5/c1-33(2,3)46-32(45)41-23-11-12-24(41)17-34(16-23)20-40(31(44)47-34)25-13-14-27(35-19-25)37-30-36-18-21-15-26(29(43)39(4)5)42(28(21)38-30)22-9-7-6-8-10-22/h13-15,18-19,22-24H,6-12,16-17,20H2,1-5H3,(H,35,36,37,38)/t23-,24+,34+. The summed E-state index contributed by atoms with van der Waals surface area (Å²) in [5.74, 6) is 0.853. The van der Waals surface area contributed by atoms with Gasteiger partial charge < -0.3 is 29.2 Å². The van der Waals surface area contributed by atoms with E-state index in [9.17, 15) is 14.4 Å². The summed E-state index contributed by atoms with van der Waals surface area (Å²) in [7, 11) is 3.53. The molecule has 0 unspecified atom stereocenters. The molecule has 1 N–H and O–H groups in total. The molecule has 4 fully saturated rings. The summed E-state index contributed by atoms with van der Waals surface area (Å²) in [6, 6.07) is 5.68. The third-order valence-corrected chi connectivity index (χ3v) is 9.85. The highest BCUT2D eigenvalue weighted by Gasteiger charge is 2.57. The largest absolute Gasteiger partial charge is 0.444 e. The molecule has 3 saturated heterocycles. The maximum Gasteiger partial charge on any atom is 0.415 e. The van der Waals surface area contributed by atoms with Crippen LogP contribution in [-0.2, 0) is 9.47 Å². The van der Waals surface area contributed by atoms with Crippen LogP contribution in [0.25, 0.3) is 11.0 Å². The smallest absolute Gasteiger partial charge is 0.415 e. The molecule has 1 saturated carbocycles. The van der Waals surface area contributed by atoms with Gasteiger partial charge in [0.25, 0.3) is 5.91 Å². The second kappa shape index (κ2) is 11.7. The van der Waals surface area contributed by atoms with Gasteiger partial charge in [-0.15, -0.1) is 0 Å². The van der Waals surface area contributed by atoms with Gasteiger partial charge >= 0.3 is 12.2 Å². The number of rotatable bonds is 5. The fourth-order valence-corrected chi connectivity index (χ4v) is 7.86. The number of carbonyl (C=O) groups is 3. The zero-order valence-electron chi connectivity index (χ0n) is 27.9. The van der Waals surface area contributed by atoms with Crippen molar-refractivity contribution in [3.8, 4) is 0 Å². The van der Waals surface area contributed by atoms with Gasteiger partial charge in [-0.05, 0) is 64.7 Å². The molecule has 7 rings (SSSR count). The number of aromatic nitrogens is 4. The zero-order valence-corrected chi connectivity index (χ0v) is 27.9. The highest BCUT2D eigenvalue weighted by Crippen LogP contribution is 2.46. The van der Waals surface area contributed by atoms with Crippen molar-refractivity contribution in [2.45, 2.75) is 108 Å². The summed E-state index contributed by atoms with van der Waals surface area (Å²) in [6.45, 7) is 6.02. The lowest BCUT2D eigenvalue weighted by atomic mass is 9.86. The first-order chi connectivity index (χ1) is 22.4. The van der Waals surface area contributed by atoms with Crippen LogP contribution in [0.4, 0.5) is 27.0 Å². The van der Waals surface area contributed by atoms with Crippen LogP contribution < -0.4 is 10.2 Å². The molecular weight excluding hydrogens is 600 g/mol. The average Bonchev–Trinajstić information content (AvgIpc) is 3.65. The summed E-state index contributed by atoms with van der Waals surface area (Å²) < 4.78 is 13.8. The van der Waals surface area contributed by atoms with Gasteiger partial charge in [0.2, 0.25) is 5.95 Å². The Morgan fingerprint density at radius 3 is 2.36 bits per heavy atom. The lowest BCUT2D eigenvalue weighted by Crippen LogP contribution is -2.55. The second-order valence-electron chi connectivity index (χ2n) is 14.7. The van der Waals surface area contributed by atoms with Gasteiger partial charge in [0.05, 0.1) is 18.4 Å². The Morgan fingerprint density at radius 2 is 1.72 bits per heavy atom. The molecule has 6 heterocycles. The van der Waals surface area contributed by atoms with Gasteiger partial charge in [-0.3, -0.25) is 9.69 Å². The molecule has 1 aliphatic carbocycles. The number of nitrogens with zero attached hydrogens (tertiary/aromatic N) is 7. The number of fused-ring (bicyclic) bond motifs is 3. The molecule has 4 aliphatic rings. The second-order valence-corrected chi connectivity index (χ2v) is 14.7. The summed E-state index contributed by atoms with van der Waals surface area (Å²) >= 11 is 0. The van der Waals surface area contributed by atoms with Crippen LogP contribution in [0.2, 0.25) is 0 Å². The lowest BCUT2D eigenvalue weighted by Gasteiger charge is -2.43. The normalized spacial score (nSPS) is 24.6. The van der Waals surface area contributed by atoms with Gasteiger partial charge in [0.15, 0.2) is 0 Å². The molecule has 0 radical (unpaired) electrons. The van der Waals surface area contributed by atoms with Crippen molar-refractivity contribution in [1.82, 2.24) is 29.3 Å². The molecule has 1 spiro atoms. The fourth-order valence-electron chi connectivity index (χ4n) is 7.86. The van der Waals surface area contributed by atoms with E-state index in [1.807, 2.05) is 37.8 Å². The van der Waals surface area contributed by atoms with E-state index >= 15 is 0 Å². The van der Waals surface area contributed by atoms with E-state index in [2.05, 4.69) is 19.9 Å². The van der Waals surface area contributed by atoms with E-state index in [4.69, 9.17) is 14.5 Å². The molecule has 47 heavy (non-hydrogen) atoms. The predicted octanol–water partition coefficient (Wildman–Crippen LogP) is 6.03. The number of hydrogen-bond donors (Lipinski definition) is 1. The minimum Gasteiger partial charge on any atom is -0.444 e. The predicted molar refractivity (Wildman–Crippen MR) is 176 cm³/mol. The first kappa shape index (κ1) is 31.2. The fraction of sp³-hybridized carbons (Fsp3) is 0.588. The number of ether oxygens (including phenoxy) is 2. The topological polar surface area (TPSA) is 135 Å². The molecule has 3 amide bonds. The molecule has 3 aliphatic heterocycles. The van der Waals surface area contributed by atoms with E-state index in [0.29, 0.717) is 42.5 Å².